The third kappa shape index (κ3) is 2.37. The van der Waals surface area contributed by atoms with E-state index < -0.39 is 16.1 Å². The first-order valence-electron chi connectivity index (χ1n) is 5.35. The van der Waals surface area contributed by atoms with E-state index >= 15 is 0 Å². The maximum atomic E-state index is 12.3. The molecule has 1 atom stereocenters. The number of aromatic nitrogens is 2. The molecular formula is C9H15N5O3S. The first-order valence-corrected chi connectivity index (χ1v) is 6.79. The van der Waals surface area contributed by atoms with Crippen molar-refractivity contribution in [1.82, 2.24) is 13.9 Å². The highest BCUT2D eigenvalue weighted by molar-refractivity contribution is 7.89. The second-order valence-electron chi connectivity index (χ2n) is 4.06. The number of hydrogen-bond acceptors (Lipinski definition) is 5. The standard InChI is InChI=1S/C9H15N5O3S/c1-13-5-8(12-6-13)18(15,16)14-2-3-17-7(4-14)9(10)11/h5-7H,2-4H2,1H3,(H3,10,11). The molecule has 9 heteroatoms. The van der Waals surface area contributed by atoms with Gasteiger partial charge in [-0.05, 0) is 0 Å². The highest BCUT2D eigenvalue weighted by Crippen LogP contribution is 2.16. The number of nitrogens with zero attached hydrogens (tertiary/aromatic N) is 3. The molecule has 0 aliphatic carbocycles. The summed E-state index contributed by atoms with van der Waals surface area (Å²) in [5.74, 6) is -0.170. The molecule has 1 aromatic heterocycles. The molecule has 18 heavy (non-hydrogen) atoms. The van der Waals surface area contributed by atoms with Crippen molar-refractivity contribution in [2.45, 2.75) is 11.1 Å². The molecule has 1 aliphatic rings. The molecule has 1 aliphatic heterocycles. The Labute approximate surface area is 105 Å². The fourth-order valence-corrected chi connectivity index (χ4v) is 3.08. The van der Waals surface area contributed by atoms with Gasteiger partial charge in [-0.3, -0.25) is 5.41 Å². The predicted octanol–water partition coefficient (Wildman–Crippen LogP) is -1.25. The predicted molar refractivity (Wildman–Crippen MR) is 63.6 cm³/mol. The van der Waals surface area contributed by atoms with E-state index in [9.17, 15) is 8.42 Å². The number of amidine groups is 1. The quantitative estimate of drug-likeness (QED) is 0.527. The first kappa shape index (κ1) is 13.0. The summed E-state index contributed by atoms with van der Waals surface area (Å²) in [7, 11) is -1.94. The molecule has 1 fully saturated rings. The molecule has 0 radical (unpaired) electrons. The lowest BCUT2D eigenvalue weighted by Crippen LogP contribution is -2.50. The minimum absolute atomic E-state index is 0.00537. The molecule has 0 bridgehead atoms. The van der Waals surface area contributed by atoms with Crippen LogP contribution in [0, 0.1) is 5.41 Å². The van der Waals surface area contributed by atoms with Crippen LogP contribution in [0.25, 0.3) is 0 Å². The highest BCUT2D eigenvalue weighted by Gasteiger charge is 2.33. The summed E-state index contributed by atoms with van der Waals surface area (Å²) in [4.78, 5) is 3.84. The molecule has 1 unspecified atom stereocenters. The lowest BCUT2D eigenvalue weighted by atomic mass is 10.3. The van der Waals surface area contributed by atoms with Crippen LogP contribution < -0.4 is 5.73 Å². The smallest absolute Gasteiger partial charge is 0.262 e. The minimum Gasteiger partial charge on any atom is -0.385 e. The van der Waals surface area contributed by atoms with Crippen molar-refractivity contribution in [3.05, 3.63) is 12.5 Å². The molecular weight excluding hydrogens is 258 g/mol. The van der Waals surface area contributed by atoms with Crippen molar-refractivity contribution >= 4 is 15.9 Å². The van der Waals surface area contributed by atoms with Crippen molar-refractivity contribution in [1.29, 1.82) is 5.41 Å². The number of morpholine rings is 1. The second-order valence-corrected chi connectivity index (χ2v) is 5.94. The van der Waals surface area contributed by atoms with E-state index in [2.05, 4.69) is 4.98 Å². The van der Waals surface area contributed by atoms with E-state index in [4.69, 9.17) is 15.9 Å². The zero-order valence-corrected chi connectivity index (χ0v) is 10.7. The molecule has 1 saturated heterocycles. The Morgan fingerprint density at radius 2 is 2.39 bits per heavy atom. The van der Waals surface area contributed by atoms with Crippen LogP contribution in [0.3, 0.4) is 0 Å². The van der Waals surface area contributed by atoms with Gasteiger partial charge in [0.15, 0.2) is 5.03 Å². The molecule has 2 rings (SSSR count). The van der Waals surface area contributed by atoms with Gasteiger partial charge in [-0.25, -0.2) is 13.4 Å². The summed E-state index contributed by atoms with van der Waals surface area (Å²) in [6.45, 7) is 0.507. The number of aryl methyl sites for hydroxylation is 1. The van der Waals surface area contributed by atoms with E-state index in [0.717, 1.165) is 0 Å². The van der Waals surface area contributed by atoms with E-state index in [1.54, 1.807) is 11.6 Å². The van der Waals surface area contributed by atoms with Crippen LogP contribution in [-0.2, 0) is 21.8 Å². The molecule has 1 aromatic rings. The topological polar surface area (TPSA) is 114 Å². The van der Waals surface area contributed by atoms with Crippen molar-refractivity contribution in [2.75, 3.05) is 19.7 Å². The highest BCUT2D eigenvalue weighted by atomic mass is 32.2. The number of nitrogens with two attached hydrogens (primary N) is 1. The molecule has 100 valence electrons. The number of imidazole rings is 1. The van der Waals surface area contributed by atoms with Gasteiger partial charge in [-0.1, -0.05) is 0 Å². The van der Waals surface area contributed by atoms with Gasteiger partial charge in [-0.15, -0.1) is 0 Å². The third-order valence-electron chi connectivity index (χ3n) is 2.66. The molecule has 0 spiro atoms. The summed E-state index contributed by atoms with van der Waals surface area (Å²) < 4.78 is 32.5. The Morgan fingerprint density at radius 3 is 2.94 bits per heavy atom. The monoisotopic (exact) mass is 273 g/mol. The SMILES string of the molecule is Cn1cnc(S(=O)(=O)N2CCOC(C(=N)N)C2)c1. The van der Waals surface area contributed by atoms with Gasteiger partial charge >= 0.3 is 0 Å². The van der Waals surface area contributed by atoms with Crippen LogP contribution >= 0.6 is 0 Å². The summed E-state index contributed by atoms with van der Waals surface area (Å²) in [6, 6.07) is 0. The van der Waals surface area contributed by atoms with Crippen LogP contribution in [0.2, 0.25) is 0 Å². The van der Waals surface area contributed by atoms with E-state index in [-0.39, 0.29) is 30.6 Å². The maximum absolute atomic E-state index is 12.3. The lowest BCUT2D eigenvalue weighted by Gasteiger charge is -2.30. The van der Waals surface area contributed by atoms with Crippen LogP contribution in [-0.4, -0.2) is 53.9 Å². The zero-order chi connectivity index (χ0) is 13.3. The van der Waals surface area contributed by atoms with Crippen molar-refractivity contribution < 1.29 is 13.2 Å². The Kier molecular flexibility index (Phi) is 3.37. The Morgan fingerprint density at radius 1 is 1.67 bits per heavy atom. The maximum Gasteiger partial charge on any atom is 0.262 e. The fraction of sp³-hybridized carbons (Fsp3) is 0.556. The average Bonchev–Trinajstić information content (AvgIpc) is 2.77. The normalized spacial score (nSPS) is 21.9. The summed E-state index contributed by atoms with van der Waals surface area (Å²) in [6.07, 6.45) is 2.18. The van der Waals surface area contributed by atoms with Gasteiger partial charge in [0.2, 0.25) is 0 Å². The van der Waals surface area contributed by atoms with Crippen LogP contribution in [0.4, 0.5) is 0 Å². The first-order chi connectivity index (χ1) is 8.41. The number of hydrogen-bond donors (Lipinski definition) is 2. The van der Waals surface area contributed by atoms with Gasteiger partial charge in [-0.2, -0.15) is 4.31 Å². The number of nitrogens with one attached hydrogen (secondary N) is 1. The van der Waals surface area contributed by atoms with E-state index in [0.29, 0.717) is 0 Å². The number of ether oxygens (including phenoxy) is 1. The van der Waals surface area contributed by atoms with Crippen LogP contribution in [0.1, 0.15) is 0 Å². The van der Waals surface area contributed by atoms with Crippen molar-refractivity contribution in [3.63, 3.8) is 0 Å². The van der Waals surface area contributed by atoms with Gasteiger partial charge in [0.05, 0.1) is 12.9 Å². The summed E-state index contributed by atoms with van der Waals surface area (Å²) in [5.41, 5.74) is 5.33. The molecule has 3 N–H and O–H groups in total. The second kappa shape index (κ2) is 4.67. The minimum atomic E-state index is -3.64. The molecule has 8 nitrogen and oxygen atoms in total. The third-order valence-corrected chi connectivity index (χ3v) is 4.41. The Balaban J connectivity index is 2.22. The molecule has 0 amide bonds. The van der Waals surface area contributed by atoms with Crippen LogP contribution in [0.15, 0.2) is 17.6 Å². The summed E-state index contributed by atoms with van der Waals surface area (Å²) >= 11 is 0. The number of rotatable bonds is 3. The van der Waals surface area contributed by atoms with Gasteiger partial charge in [0.25, 0.3) is 10.0 Å². The Bertz CT molecular complexity index is 552. The number of sulfonamides is 1. The lowest BCUT2D eigenvalue weighted by molar-refractivity contribution is 0.0367. The molecule has 2 heterocycles. The fourth-order valence-electron chi connectivity index (χ4n) is 1.69. The van der Waals surface area contributed by atoms with Crippen molar-refractivity contribution in [2.24, 2.45) is 12.8 Å². The van der Waals surface area contributed by atoms with Crippen molar-refractivity contribution in [3.8, 4) is 0 Å². The zero-order valence-electron chi connectivity index (χ0n) is 9.91. The molecule has 0 saturated carbocycles. The largest absolute Gasteiger partial charge is 0.385 e. The van der Waals surface area contributed by atoms with Gasteiger partial charge in [0.1, 0.15) is 11.9 Å². The van der Waals surface area contributed by atoms with Gasteiger partial charge < -0.3 is 15.0 Å². The Hall–Kier alpha value is -1.45. The van der Waals surface area contributed by atoms with Crippen LogP contribution in [0.5, 0.6) is 0 Å². The van der Waals surface area contributed by atoms with E-state index in [1.807, 2.05) is 0 Å². The van der Waals surface area contributed by atoms with Gasteiger partial charge in [0, 0.05) is 26.3 Å². The average molecular weight is 273 g/mol. The van der Waals surface area contributed by atoms with E-state index in [1.165, 1.54) is 16.8 Å². The molecule has 0 aromatic carbocycles. The summed E-state index contributed by atoms with van der Waals surface area (Å²) in [5, 5.41) is 7.30.